The summed E-state index contributed by atoms with van der Waals surface area (Å²) in [5, 5.41) is 0. The molecule has 0 aliphatic heterocycles. The Bertz CT molecular complexity index is 360. The third-order valence-electron chi connectivity index (χ3n) is 1.54. The van der Waals surface area contributed by atoms with Gasteiger partial charge in [-0.15, -0.1) is 0 Å². The van der Waals surface area contributed by atoms with Gasteiger partial charge in [-0.3, -0.25) is 18.4 Å². The molecular formula is C12H19O4P. The summed E-state index contributed by atoms with van der Waals surface area (Å²) in [4.78, 5) is 11.6. The van der Waals surface area contributed by atoms with E-state index in [0.717, 1.165) is 0 Å². The van der Waals surface area contributed by atoms with Crippen molar-refractivity contribution in [1.29, 1.82) is 0 Å². The highest BCUT2D eigenvalue weighted by molar-refractivity contribution is 7.72. The Hall–Kier alpha value is -0.960. The zero-order chi connectivity index (χ0) is 13.5. The summed E-state index contributed by atoms with van der Waals surface area (Å²) in [6.07, 6.45) is 2.67. The molecule has 5 heteroatoms. The smallest absolute Gasteiger partial charge is 0.298 e. The average Bonchev–Trinajstić information content (AvgIpc) is 2.24. The molecule has 0 N–H and O–H groups in total. The largest absolute Gasteiger partial charge is 0.401 e. The fourth-order valence-electron chi connectivity index (χ4n) is 0.789. The molecule has 17 heavy (non-hydrogen) atoms. The van der Waals surface area contributed by atoms with Crippen LogP contribution in [-0.4, -0.2) is 18.7 Å². The van der Waals surface area contributed by atoms with Crippen LogP contribution in [0.5, 0.6) is 0 Å². The number of hydrogen-bond acceptors (Lipinski definition) is 4. The van der Waals surface area contributed by atoms with Crippen molar-refractivity contribution in [2.45, 2.75) is 20.8 Å². The van der Waals surface area contributed by atoms with Crippen LogP contribution in [0.25, 0.3) is 0 Å². The zero-order valence-corrected chi connectivity index (χ0v) is 11.5. The summed E-state index contributed by atoms with van der Waals surface area (Å²) in [7, 11) is -3.78. The second-order valence-electron chi connectivity index (χ2n) is 3.80. The topological polar surface area (TPSA) is 52.6 Å². The van der Waals surface area contributed by atoms with E-state index in [1.54, 1.807) is 20.8 Å². The number of allylic oxidation sites excluding steroid dienone is 2. The average molecular weight is 258 g/mol. The molecular weight excluding hydrogens is 239 g/mol. The summed E-state index contributed by atoms with van der Waals surface area (Å²) in [5.74, 6) is 0. The minimum absolute atomic E-state index is 0.0246. The van der Waals surface area contributed by atoms with Gasteiger partial charge in [-0.2, -0.15) is 0 Å². The van der Waals surface area contributed by atoms with E-state index in [-0.39, 0.29) is 13.2 Å². The molecule has 0 aromatic carbocycles. The molecule has 0 aliphatic carbocycles. The van der Waals surface area contributed by atoms with E-state index < -0.39 is 13.1 Å². The monoisotopic (exact) mass is 258 g/mol. The van der Waals surface area contributed by atoms with Gasteiger partial charge in [0.2, 0.25) is 0 Å². The molecule has 0 bridgehead atoms. The molecule has 0 fully saturated rings. The number of hydrogen-bond donors (Lipinski definition) is 0. The SMILES string of the molecule is C=C(C)COP(=O)(OCC(=C)C)C(=O)C=CC. The van der Waals surface area contributed by atoms with Gasteiger partial charge in [0, 0.05) is 0 Å². The van der Waals surface area contributed by atoms with Crippen LogP contribution >= 0.6 is 7.60 Å². The lowest BCUT2D eigenvalue weighted by Gasteiger charge is -2.15. The fraction of sp³-hybridized carbons (Fsp3) is 0.417. The fourth-order valence-corrected chi connectivity index (χ4v) is 2.23. The van der Waals surface area contributed by atoms with E-state index in [1.165, 1.54) is 12.2 Å². The van der Waals surface area contributed by atoms with Gasteiger partial charge >= 0.3 is 7.60 Å². The Morgan fingerprint density at radius 1 is 1.18 bits per heavy atom. The summed E-state index contributed by atoms with van der Waals surface area (Å²) in [6, 6.07) is 0. The lowest BCUT2D eigenvalue weighted by atomic mass is 10.4. The van der Waals surface area contributed by atoms with Crippen LogP contribution in [-0.2, 0) is 18.4 Å². The van der Waals surface area contributed by atoms with Crippen molar-refractivity contribution in [3.05, 3.63) is 36.5 Å². The summed E-state index contributed by atoms with van der Waals surface area (Å²) < 4.78 is 22.3. The van der Waals surface area contributed by atoms with E-state index in [9.17, 15) is 9.36 Å². The number of carbonyl (C=O) groups is 1. The Balaban J connectivity index is 4.79. The Morgan fingerprint density at radius 2 is 1.59 bits per heavy atom. The predicted molar refractivity (Wildman–Crippen MR) is 69.0 cm³/mol. The van der Waals surface area contributed by atoms with E-state index in [1.807, 2.05) is 0 Å². The molecule has 0 aliphatic rings. The van der Waals surface area contributed by atoms with Crippen LogP contribution in [0.15, 0.2) is 36.5 Å². The van der Waals surface area contributed by atoms with E-state index in [4.69, 9.17) is 9.05 Å². The van der Waals surface area contributed by atoms with Crippen LogP contribution in [0.4, 0.5) is 0 Å². The van der Waals surface area contributed by atoms with Gasteiger partial charge in [0.15, 0.2) is 0 Å². The minimum Gasteiger partial charge on any atom is -0.298 e. The second-order valence-corrected chi connectivity index (χ2v) is 5.75. The van der Waals surface area contributed by atoms with Gasteiger partial charge in [0.25, 0.3) is 5.52 Å². The summed E-state index contributed by atoms with van der Waals surface area (Å²) in [6.45, 7) is 12.3. The molecule has 96 valence electrons. The van der Waals surface area contributed by atoms with Crippen LogP contribution in [0.1, 0.15) is 20.8 Å². The first-order valence-electron chi connectivity index (χ1n) is 5.17. The first kappa shape index (κ1) is 16.0. The molecule has 0 saturated carbocycles. The maximum Gasteiger partial charge on any atom is 0.401 e. The normalized spacial score (nSPS) is 11.7. The third kappa shape index (κ3) is 6.37. The molecule has 0 heterocycles. The van der Waals surface area contributed by atoms with E-state index in [2.05, 4.69) is 13.2 Å². The van der Waals surface area contributed by atoms with Crippen LogP contribution in [0.3, 0.4) is 0 Å². The van der Waals surface area contributed by atoms with Crippen molar-refractivity contribution in [2.75, 3.05) is 13.2 Å². The molecule has 4 nitrogen and oxygen atoms in total. The first-order chi connectivity index (χ1) is 7.81. The lowest BCUT2D eigenvalue weighted by molar-refractivity contribution is -0.109. The van der Waals surface area contributed by atoms with Crippen molar-refractivity contribution < 1.29 is 18.4 Å². The molecule has 0 aromatic rings. The number of carbonyl (C=O) groups excluding carboxylic acids is 1. The molecule has 0 saturated heterocycles. The van der Waals surface area contributed by atoms with Gasteiger partial charge in [0.05, 0.1) is 13.2 Å². The second kappa shape index (κ2) is 7.38. The molecule has 0 rings (SSSR count). The van der Waals surface area contributed by atoms with E-state index in [0.29, 0.717) is 11.1 Å². The molecule has 0 amide bonds. The van der Waals surface area contributed by atoms with Crippen molar-refractivity contribution >= 4 is 13.1 Å². The van der Waals surface area contributed by atoms with Crippen molar-refractivity contribution in [3.8, 4) is 0 Å². The van der Waals surface area contributed by atoms with E-state index >= 15 is 0 Å². The Morgan fingerprint density at radius 3 is 1.88 bits per heavy atom. The van der Waals surface area contributed by atoms with Gasteiger partial charge in [0.1, 0.15) is 0 Å². The molecule has 0 radical (unpaired) electrons. The van der Waals surface area contributed by atoms with Gasteiger partial charge in [-0.1, -0.05) is 30.4 Å². The van der Waals surface area contributed by atoms with Gasteiger partial charge in [-0.25, -0.2) is 0 Å². The van der Waals surface area contributed by atoms with Crippen LogP contribution in [0, 0.1) is 0 Å². The highest BCUT2D eigenvalue weighted by atomic mass is 31.2. The maximum absolute atomic E-state index is 12.2. The molecule has 0 unspecified atom stereocenters. The maximum atomic E-state index is 12.2. The number of rotatable bonds is 8. The van der Waals surface area contributed by atoms with Crippen molar-refractivity contribution in [2.24, 2.45) is 0 Å². The van der Waals surface area contributed by atoms with Crippen molar-refractivity contribution in [1.82, 2.24) is 0 Å². The van der Waals surface area contributed by atoms with Crippen LogP contribution in [0.2, 0.25) is 0 Å². The molecule has 0 spiro atoms. The highest BCUT2D eigenvalue weighted by Crippen LogP contribution is 2.50. The van der Waals surface area contributed by atoms with Gasteiger partial charge < -0.3 is 0 Å². The summed E-state index contributed by atoms with van der Waals surface area (Å²) >= 11 is 0. The highest BCUT2D eigenvalue weighted by Gasteiger charge is 2.32. The third-order valence-corrected chi connectivity index (χ3v) is 3.17. The zero-order valence-electron chi connectivity index (χ0n) is 10.6. The molecule has 0 atom stereocenters. The Kier molecular flexibility index (Phi) is 6.97. The standard InChI is InChI=1S/C12H19O4P/c1-6-7-12(13)17(14,15-8-10(2)3)16-9-11(4)5/h6-7H,2,4,8-9H2,1,3,5H3. The quantitative estimate of drug-likeness (QED) is 0.380. The van der Waals surface area contributed by atoms with Gasteiger partial charge in [-0.05, 0) is 26.8 Å². The lowest BCUT2D eigenvalue weighted by Crippen LogP contribution is -2.07. The van der Waals surface area contributed by atoms with Crippen LogP contribution < -0.4 is 0 Å². The minimum atomic E-state index is -3.78. The molecule has 0 aromatic heterocycles. The predicted octanol–water partition coefficient (Wildman–Crippen LogP) is 3.47. The summed E-state index contributed by atoms with van der Waals surface area (Å²) in [5.41, 5.74) is 0.664. The van der Waals surface area contributed by atoms with Crippen molar-refractivity contribution in [3.63, 3.8) is 0 Å². The Labute approximate surface area is 103 Å². The first-order valence-corrected chi connectivity index (χ1v) is 6.71.